The van der Waals surface area contributed by atoms with Crippen LogP contribution in [0.15, 0.2) is 53.6 Å². The second-order valence-electron chi connectivity index (χ2n) is 5.58. The molecule has 158 valence electrons. The zero-order chi connectivity index (χ0) is 21.9. The topological polar surface area (TPSA) is 120 Å². The first-order chi connectivity index (χ1) is 14.5. The van der Waals surface area contributed by atoms with Crippen LogP contribution in [0.25, 0.3) is 0 Å². The number of ether oxygens (including phenoxy) is 2. The van der Waals surface area contributed by atoms with Gasteiger partial charge in [-0.1, -0.05) is 30.0 Å². The Bertz CT molecular complexity index is 934. The molecule has 0 aliphatic heterocycles. The Hall–Kier alpha value is -3.40. The van der Waals surface area contributed by atoms with Crippen LogP contribution in [-0.4, -0.2) is 47.3 Å². The predicted molar refractivity (Wildman–Crippen MR) is 112 cm³/mol. The summed E-state index contributed by atoms with van der Waals surface area (Å²) in [6.45, 7) is 3.63. The molecule has 0 spiro atoms. The lowest BCUT2D eigenvalue weighted by Crippen LogP contribution is -2.29. The average molecular weight is 430 g/mol. The molecule has 2 aromatic rings. The normalized spacial score (nSPS) is 10.8. The number of nitrogens with one attached hydrogen (secondary N) is 2. The van der Waals surface area contributed by atoms with Crippen LogP contribution in [0.4, 0.5) is 5.82 Å². The quantitative estimate of drug-likeness (QED) is 0.268. The van der Waals surface area contributed by atoms with E-state index in [0.717, 1.165) is 0 Å². The van der Waals surface area contributed by atoms with Crippen molar-refractivity contribution in [2.24, 2.45) is 0 Å². The Labute approximate surface area is 178 Å². The van der Waals surface area contributed by atoms with Gasteiger partial charge in [0, 0.05) is 18.0 Å². The van der Waals surface area contributed by atoms with Crippen LogP contribution in [0.5, 0.6) is 0 Å². The van der Waals surface area contributed by atoms with Crippen molar-refractivity contribution < 1.29 is 23.9 Å². The summed E-state index contributed by atoms with van der Waals surface area (Å²) >= 11 is 1.28. The van der Waals surface area contributed by atoms with Crippen LogP contribution in [-0.2, 0) is 14.3 Å². The van der Waals surface area contributed by atoms with Gasteiger partial charge in [0.2, 0.25) is 0 Å². The monoisotopic (exact) mass is 430 g/mol. The highest BCUT2D eigenvalue weighted by Crippen LogP contribution is 2.18. The van der Waals surface area contributed by atoms with Crippen LogP contribution in [0.3, 0.4) is 0 Å². The number of thioether (sulfide) groups is 1. The summed E-state index contributed by atoms with van der Waals surface area (Å²) in [5.74, 6) is -1.73. The second-order valence-corrected chi connectivity index (χ2v) is 6.36. The molecule has 1 aromatic carbocycles. The number of carbonyl (C=O) groups is 3. The number of benzene rings is 1. The van der Waals surface area contributed by atoms with Crippen molar-refractivity contribution in [3.8, 4) is 0 Å². The second kappa shape index (κ2) is 11.6. The summed E-state index contributed by atoms with van der Waals surface area (Å²) in [5.41, 5.74) is 0.305. The first kappa shape index (κ1) is 22.9. The third-order valence-electron chi connectivity index (χ3n) is 3.58. The van der Waals surface area contributed by atoms with E-state index in [1.807, 2.05) is 0 Å². The van der Waals surface area contributed by atoms with Crippen LogP contribution < -0.4 is 10.6 Å². The number of carbonyl (C=O) groups excluding carboxylic acids is 3. The molecule has 1 heterocycles. The zero-order valence-electron chi connectivity index (χ0n) is 16.8. The van der Waals surface area contributed by atoms with Crippen molar-refractivity contribution in [2.45, 2.75) is 19.0 Å². The molecule has 2 rings (SSSR count). The third kappa shape index (κ3) is 6.31. The van der Waals surface area contributed by atoms with Gasteiger partial charge in [-0.2, -0.15) is 0 Å². The van der Waals surface area contributed by atoms with E-state index in [0.29, 0.717) is 10.7 Å². The standard InChI is InChI=1S/C20H22N4O5S/c1-4-28-18(26)14-11-22-20(30-3)24-16(14)21-12-15(19(27)29-5-2)23-17(25)13-9-7-6-8-10-13/h6-12H,4-5H2,1-3H3,(H,23,25)(H,21,22,24)/b15-12-. The summed E-state index contributed by atoms with van der Waals surface area (Å²) in [6, 6.07) is 8.41. The van der Waals surface area contributed by atoms with Crippen molar-refractivity contribution in [2.75, 3.05) is 24.8 Å². The Morgan fingerprint density at radius 2 is 1.80 bits per heavy atom. The van der Waals surface area contributed by atoms with Gasteiger partial charge in [0.15, 0.2) is 5.16 Å². The molecule has 9 nitrogen and oxygen atoms in total. The molecule has 30 heavy (non-hydrogen) atoms. The predicted octanol–water partition coefficient (Wildman–Crippen LogP) is 2.62. The fourth-order valence-corrected chi connectivity index (χ4v) is 2.55. The molecule has 0 unspecified atom stereocenters. The van der Waals surface area contributed by atoms with Gasteiger partial charge in [0.25, 0.3) is 5.91 Å². The maximum Gasteiger partial charge on any atom is 0.356 e. The maximum atomic E-state index is 12.4. The maximum absolute atomic E-state index is 12.4. The van der Waals surface area contributed by atoms with Gasteiger partial charge >= 0.3 is 11.9 Å². The lowest BCUT2D eigenvalue weighted by molar-refractivity contribution is -0.138. The van der Waals surface area contributed by atoms with E-state index in [1.165, 1.54) is 24.2 Å². The summed E-state index contributed by atoms with van der Waals surface area (Å²) in [6.07, 6.45) is 4.33. The molecule has 1 aromatic heterocycles. The van der Waals surface area contributed by atoms with Gasteiger partial charge < -0.3 is 20.1 Å². The van der Waals surface area contributed by atoms with Crippen molar-refractivity contribution in [3.05, 3.63) is 59.6 Å². The molecule has 0 atom stereocenters. The van der Waals surface area contributed by atoms with E-state index in [1.54, 1.807) is 50.4 Å². The number of hydrogen-bond acceptors (Lipinski definition) is 9. The minimum absolute atomic E-state index is 0.0866. The minimum atomic E-state index is -0.744. The minimum Gasteiger partial charge on any atom is -0.462 e. The number of rotatable bonds is 9. The SMILES string of the molecule is CCOC(=O)/C(=C/Nc1nc(SC)ncc1C(=O)OCC)NC(=O)c1ccccc1. The highest BCUT2D eigenvalue weighted by molar-refractivity contribution is 7.98. The summed E-state index contributed by atoms with van der Waals surface area (Å²) in [4.78, 5) is 45.2. The average Bonchev–Trinajstić information content (AvgIpc) is 2.77. The number of nitrogens with zero attached hydrogens (tertiary/aromatic N) is 2. The molecule has 0 radical (unpaired) electrons. The first-order valence-electron chi connectivity index (χ1n) is 9.08. The molecule has 10 heteroatoms. The van der Waals surface area contributed by atoms with Crippen molar-refractivity contribution in [1.82, 2.24) is 15.3 Å². The van der Waals surface area contributed by atoms with Crippen molar-refractivity contribution in [1.29, 1.82) is 0 Å². The summed E-state index contributed by atoms with van der Waals surface area (Å²) < 4.78 is 10.0. The Kier molecular flexibility index (Phi) is 8.82. The van der Waals surface area contributed by atoms with E-state index >= 15 is 0 Å². The number of amides is 1. The molecule has 0 aliphatic rings. The molecule has 0 aliphatic carbocycles. The number of hydrogen-bond donors (Lipinski definition) is 2. The lowest BCUT2D eigenvalue weighted by Gasteiger charge is -2.12. The third-order valence-corrected chi connectivity index (χ3v) is 4.14. The Balaban J connectivity index is 2.33. The van der Waals surface area contributed by atoms with E-state index in [-0.39, 0.29) is 30.3 Å². The molecule has 0 bridgehead atoms. The molecule has 1 amide bonds. The lowest BCUT2D eigenvalue weighted by atomic mass is 10.2. The van der Waals surface area contributed by atoms with Crippen LogP contribution in [0.2, 0.25) is 0 Å². The van der Waals surface area contributed by atoms with Crippen molar-refractivity contribution >= 4 is 35.4 Å². The molecule has 0 saturated heterocycles. The zero-order valence-corrected chi connectivity index (χ0v) is 17.6. The largest absolute Gasteiger partial charge is 0.462 e. The van der Waals surface area contributed by atoms with Crippen LogP contribution in [0, 0.1) is 0 Å². The molecule has 0 saturated carbocycles. The highest BCUT2D eigenvalue weighted by Gasteiger charge is 2.18. The van der Waals surface area contributed by atoms with Gasteiger partial charge in [-0.25, -0.2) is 19.6 Å². The Morgan fingerprint density at radius 1 is 1.10 bits per heavy atom. The van der Waals surface area contributed by atoms with Gasteiger partial charge in [0.1, 0.15) is 17.1 Å². The fourth-order valence-electron chi connectivity index (χ4n) is 2.21. The van der Waals surface area contributed by atoms with Gasteiger partial charge in [-0.05, 0) is 32.2 Å². The van der Waals surface area contributed by atoms with E-state index in [9.17, 15) is 14.4 Å². The van der Waals surface area contributed by atoms with Gasteiger partial charge in [0.05, 0.1) is 13.2 Å². The molecular formula is C20H22N4O5S. The summed E-state index contributed by atoms with van der Waals surface area (Å²) in [5, 5.41) is 5.70. The van der Waals surface area contributed by atoms with Crippen LogP contribution in [0.1, 0.15) is 34.6 Å². The van der Waals surface area contributed by atoms with E-state index < -0.39 is 17.8 Å². The number of esters is 2. The van der Waals surface area contributed by atoms with Crippen LogP contribution >= 0.6 is 11.8 Å². The first-order valence-corrected chi connectivity index (χ1v) is 10.3. The molecule has 0 fully saturated rings. The van der Waals surface area contributed by atoms with Gasteiger partial charge in [-0.3, -0.25) is 4.79 Å². The number of aromatic nitrogens is 2. The molecular weight excluding hydrogens is 408 g/mol. The highest BCUT2D eigenvalue weighted by atomic mass is 32.2. The van der Waals surface area contributed by atoms with Crippen molar-refractivity contribution in [3.63, 3.8) is 0 Å². The fraction of sp³-hybridized carbons (Fsp3) is 0.250. The van der Waals surface area contributed by atoms with E-state index in [4.69, 9.17) is 9.47 Å². The van der Waals surface area contributed by atoms with Gasteiger partial charge in [-0.15, -0.1) is 0 Å². The smallest absolute Gasteiger partial charge is 0.356 e. The molecule has 2 N–H and O–H groups in total. The van der Waals surface area contributed by atoms with E-state index in [2.05, 4.69) is 20.6 Å². The number of anilines is 1. The summed E-state index contributed by atoms with van der Waals surface area (Å²) in [7, 11) is 0. The Morgan fingerprint density at radius 3 is 2.43 bits per heavy atom.